The van der Waals surface area contributed by atoms with Crippen molar-refractivity contribution in [3.8, 4) is 0 Å². The molecule has 0 saturated carbocycles. The van der Waals surface area contributed by atoms with Crippen LogP contribution in [0.2, 0.25) is 0 Å². The Balaban J connectivity index is 2.65. The number of carbonyl (C=O) groups is 1. The SMILES string of the molecule is CCCN(CC(=O)O)Cc1ccc(C(F)F)cc1. The molecule has 0 amide bonds. The lowest BCUT2D eigenvalue weighted by atomic mass is 10.1. The maximum absolute atomic E-state index is 12.4. The molecule has 0 radical (unpaired) electrons. The highest BCUT2D eigenvalue weighted by Gasteiger charge is 2.10. The van der Waals surface area contributed by atoms with Crippen LogP contribution < -0.4 is 0 Å². The van der Waals surface area contributed by atoms with Crippen LogP contribution in [0.15, 0.2) is 24.3 Å². The zero-order valence-electron chi connectivity index (χ0n) is 10.3. The van der Waals surface area contributed by atoms with Gasteiger partial charge in [-0.1, -0.05) is 31.2 Å². The highest BCUT2D eigenvalue weighted by Crippen LogP contribution is 2.19. The van der Waals surface area contributed by atoms with E-state index in [1.807, 2.05) is 6.92 Å². The lowest BCUT2D eigenvalue weighted by molar-refractivity contribution is -0.138. The van der Waals surface area contributed by atoms with E-state index in [9.17, 15) is 13.6 Å². The number of hydrogen-bond acceptors (Lipinski definition) is 2. The van der Waals surface area contributed by atoms with E-state index in [2.05, 4.69) is 0 Å². The van der Waals surface area contributed by atoms with Gasteiger partial charge >= 0.3 is 5.97 Å². The van der Waals surface area contributed by atoms with Crippen molar-refractivity contribution in [2.24, 2.45) is 0 Å². The summed E-state index contributed by atoms with van der Waals surface area (Å²) in [4.78, 5) is 12.5. The Morgan fingerprint density at radius 3 is 2.39 bits per heavy atom. The second-order valence-corrected chi connectivity index (χ2v) is 4.15. The summed E-state index contributed by atoms with van der Waals surface area (Å²) in [5.74, 6) is -0.882. The molecular formula is C13H17F2NO2. The normalized spacial score (nSPS) is 11.2. The summed E-state index contributed by atoms with van der Waals surface area (Å²) in [6.07, 6.45) is -1.62. The lowest BCUT2D eigenvalue weighted by Crippen LogP contribution is -2.30. The number of benzene rings is 1. The number of aliphatic carboxylic acids is 1. The molecule has 1 aromatic carbocycles. The standard InChI is InChI=1S/C13H17F2NO2/c1-2-7-16(9-12(17)18)8-10-3-5-11(6-4-10)13(14)15/h3-6,13H,2,7-9H2,1H3,(H,17,18). The summed E-state index contributed by atoms with van der Waals surface area (Å²) in [6.45, 7) is 3.06. The molecule has 0 heterocycles. The Bertz CT molecular complexity index is 379. The topological polar surface area (TPSA) is 40.5 Å². The fourth-order valence-corrected chi connectivity index (χ4v) is 1.75. The molecule has 0 bridgehead atoms. The van der Waals surface area contributed by atoms with E-state index in [0.29, 0.717) is 13.1 Å². The summed E-state index contributed by atoms with van der Waals surface area (Å²) in [5.41, 5.74) is 0.827. The Morgan fingerprint density at radius 1 is 1.33 bits per heavy atom. The molecule has 100 valence electrons. The van der Waals surface area contributed by atoms with Crippen molar-refractivity contribution in [3.05, 3.63) is 35.4 Å². The summed E-state index contributed by atoms with van der Waals surface area (Å²) in [5, 5.41) is 8.76. The third-order valence-corrected chi connectivity index (χ3v) is 2.54. The fraction of sp³-hybridized carbons (Fsp3) is 0.462. The number of carboxylic acids is 1. The van der Waals surface area contributed by atoms with Gasteiger partial charge in [-0.15, -0.1) is 0 Å². The van der Waals surface area contributed by atoms with Gasteiger partial charge in [0, 0.05) is 12.1 Å². The van der Waals surface area contributed by atoms with Crippen molar-refractivity contribution in [2.45, 2.75) is 26.3 Å². The van der Waals surface area contributed by atoms with Gasteiger partial charge < -0.3 is 5.11 Å². The molecule has 0 aliphatic carbocycles. The van der Waals surface area contributed by atoms with Crippen LogP contribution in [0.3, 0.4) is 0 Å². The number of hydrogen-bond donors (Lipinski definition) is 1. The molecule has 5 heteroatoms. The third kappa shape index (κ3) is 4.79. The molecule has 0 spiro atoms. The molecule has 18 heavy (non-hydrogen) atoms. The summed E-state index contributed by atoms with van der Waals surface area (Å²) >= 11 is 0. The second-order valence-electron chi connectivity index (χ2n) is 4.15. The Hall–Kier alpha value is -1.49. The first-order valence-electron chi connectivity index (χ1n) is 5.84. The Labute approximate surface area is 105 Å². The van der Waals surface area contributed by atoms with Gasteiger partial charge in [-0.3, -0.25) is 9.69 Å². The van der Waals surface area contributed by atoms with Gasteiger partial charge in [0.25, 0.3) is 6.43 Å². The molecular weight excluding hydrogens is 240 g/mol. The first-order valence-corrected chi connectivity index (χ1v) is 5.84. The average Bonchev–Trinajstić information content (AvgIpc) is 2.29. The van der Waals surface area contributed by atoms with E-state index < -0.39 is 12.4 Å². The number of nitrogens with zero attached hydrogens (tertiary/aromatic N) is 1. The van der Waals surface area contributed by atoms with E-state index in [0.717, 1.165) is 12.0 Å². The highest BCUT2D eigenvalue weighted by molar-refractivity contribution is 5.69. The predicted octanol–water partition coefficient (Wildman–Crippen LogP) is 2.92. The summed E-state index contributed by atoms with van der Waals surface area (Å²) < 4.78 is 24.7. The highest BCUT2D eigenvalue weighted by atomic mass is 19.3. The monoisotopic (exact) mass is 257 g/mol. The Morgan fingerprint density at radius 2 is 1.94 bits per heavy atom. The minimum Gasteiger partial charge on any atom is -0.480 e. The number of rotatable bonds is 7. The molecule has 0 aliphatic heterocycles. The van der Waals surface area contributed by atoms with Crippen LogP contribution in [-0.2, 0) is 11.3 Å². The van der Waals surface area contributed by atoms with Gasteiger partial charge in [-0.05, 0) is 18.5 Å². The zero-order valence-corrected chi connectivity index (χ0v) is 10.3. The predicted molar refractivity (Wildman–Crippen MR) is 64.6 cm³/mol. The van der Waals surface area contributed by atoms with Crippen LogP contribution in [-0.4, -0.2) is 29.1 Å². The van der Waals surface area contributed by atoms with Crippen molar-refractivity contribution < 1.29 is 18.7 Å². The van der Waals surface area contributed by atoms with E-state index >= 15 is 0 Å². The lowest BCUT2D eigenvalue weighted by Gasteiger charge is -2.19. The van der Waals surface area contributed by atoms with Crippen LogP contribution in [0.1, 0.15) is 30.9 Å². The van der Waals surface area contributed by atoms with Crippen molar-refractivity contribution in [2.75, 3.05) is 13.1 Å². The summed E-state index contributed by atoms with van der Waals surface area (Å²) in [6, 6.07) is 5.99. The molecule has 0 aromatic heterocycles. The van der Waals surface area contributed by atoms with Crippen LogP contribution in [0.5, 0.6) is 0 Å². The van der Waals surface area contributed by atoms with Crippen molar-refractivity contribution in [1.82, 2.24) is 4.90 Å². The first kappa shape index (κ1) is 14.6. The second kappa shape index (κ2) is 7.06. The van der Waals surface area contributed by atoms with Crippen LogP contribution in [0, 0.1) is 0 Å². The van der Waals surface area contributed by atoms with Crippen LogP contribution in [0.25, 0.3) is 0 Å². The molecule has 1 aromatic rings. The zero-order chi connectivity index (χ0) is 13.5. The molecule has 1 rings (SSSR count). The van der Waals surface area contributed by atoms with E-state index in [4.69, 9.17) is 5.11 Å². The molecule has 0 unspecified atom stereocenters. The van der Waals surface area contributed by atoms with E-state index in [-0.39, 0.29) is 12.1 Å². The van der Waals surface area contributed by atoms with Gasteiger partial charge in [0.15, 0.2) is 0 Å². The fourth-order valence-electron chi connectivity index (χ4n) is 1.75. The quantitative estimate of drug-likeness (QED) is 0.816. The Kier molecular flexibility index (Phi) is 5.71. The van der Waals surface area contributed by atoms with Crippen LogP contribution >= 0.6 is 0 Å². The van der Waals surface area contributed by atoms with Gasteiger partial charge in [-0.25, -0.2) is 8.78 Å². The largest absolute Gasteiger partial charge is 0.480 e. The first-order chi connectivity index (χ1) is 8.52. The molecule has 0 atom stereocenters. The number of halogens is 2. The smallest absolute Gasteiger partial charge is 0.317 e. The minimum atomic E-state index is -2.47. The van der Waals surface area contributed by atoms with Gasteiger partial charge in [0.1, 0.15) is 0 Å². The molecule has 0 aliphatic rings. The molecule has 0 saturated heterocycles. The van der Waals surface area contributed by atoms with Gasteiger partial charge in [0.05, 0.1) is 6.54 Å². The maximum atomic E-state index is 12.4. The van der Waals surface area contributed by atoms with E-state index in [1.165, 1.54) is 12.1 Å². The average molecular weight is 257 g/mol. The number of carboxylic acid groups (broad SMARTS) is 1. The van der Waals surface area contributed by atoms with Crippen LogP contribution in [0.4, 0.5) is 8.78 Å². The molecule has 1 N–H and O–H groups in total. The molecule has 0 fully saturated rings. The van der Waals surface area contributed by atoms with Crippen molar-refractivity contribution in [3.63, 3.8) is 0 Å². The number of alkyl halides is 2. The minimum absolute atomic E-state index is 0.0148. The van der Waals surface area contributed by atoms with E-state index in [1.54, 1.807) is 17.0 Å². The van der Waals surface area contributed by atoms with Crippen molar-refractivity contribution >= 4 is 5.97 Å². The van der Waals surface area contributed by atoms with Gasteiger partial charge in [-0.2, -0.15) is 0 Å². The maximum Gasteiger partial charge on any atom is 0.317 e. The van der Waals surface area contributed by atoms with Crippen molar-refractivity contribution in [1.29, 1.82) is 0 Å². The van der Waals surface area contributed by atoms with Gasteiger partial charge in [0.2, 0.25) is 0 Å². The summed E-state index contributed by atoms with van der Waals surface area (Å²) in [7, 11) is 0. The third-order valence-electron chi connectivity index (χ3n) is 2.54. The molecule has 3 nitrogen and oxygen atoms in total.